The summed E-state index contributed by atoms with van der Waals surface area (Å²) in [6.45, 7) is 2.25. The maximum absolute atomic E-state index is 3.98. The largest absolute Gasteiger partial charge is 0.312 e. The maximum atomic E-state index is 3.98. The van der Waals surface area contributed by atoms with E-state index in [1.807, 2.05) is 19.3 Å². The molecule has 1 atom stereocenters. The quantitative estimate of drug-likeness (QED) is 0.646. The van der Waals surface area contributed by atoms with Gasteiger partial charge in [-0.25, -0.2) is 0 Å². The van der Waals surface area contributed by atoms with Gasteiger partial charge in [0.1, 0.15) is 0 Å². The van der Waals surface area contributed by atoms with Crippen LogP contribution >= 0.6 is 0 Å². The van der Waals surface area contributed by atoms with Crippen molar-refractivity contribution in [1.29, 1.82) is 0 Å². The molecule has 1 unspecified atom stereocenters. The van der Waals surface area contributed by atoms with E-state index in [1.54, 1.807) is 0 Å². The summed E-state index contributed by atoms with van der Waals surface area (Å²) < 4.78 is 0. The first-order valence-corrected chi connectivity index (χ1v) is 6.05. The van der Waals surface area contributed by atoms with Crippen LogP contribution in [0, 0.1) is 0 Å². The van der Waals surface area contributed by atoms with Crippen LogP contribution in [0.25, 0.3) is 0 Å². The lowest BCUT2D eigenvalue weighted by Gasteiger charge is -2.13. The molecule has 2 N–H and O–H groups in total. The van der Waals surface area contributed by atoms with Crippen LogP contribution in [-0.2, 0) is 0 Å². The Morgan fingerprint density at radius 3 is 2.73 bits per heavy atom. The van der Waals surface area contributed by atoms with Gasteiger partial charge in [-0.1, -0.05) is 39.0 Å². The molecule has 0 radical (unpaired) electrons. The Balaban J connectivity index is 2.18. The number of hydrogen-bond acceptors (Lipinski definition) is 2. The van der Waals surface area contributed by atoms with Gasteiger partial charge in [0.2, 0.25) is 0 Å². The van der Waals surface area contributed by atoms with Gasteiger partial charge in [-0.3, -0.25) is 5.10 Å². The number of nitrogens with zero attached hydrogens (tertiary/aromatic N) is 1. The van der Waals surface area contributed by atoms with Gasteiger partial charge < -0.3 is 5.32 Å². The Bertz CT molecular complexity index is 231. The van der Waals surface area contributed by atoms with E-state index in [2.05, 4.69) is 22.4 Å². The van der Waals surface area contributed by atoms with Gasteiger partial charge in [-0.2, -0.15) is 5.10 Å². The van der Waals surface area contributed by atoms with E-state index >= 15 is 0 Å². The molecule has 0 aliphatic rings. The molecule has 0 fully saturated rings. The van der Waals surface area contributed by atoms with E-state index < -0.39 is 0 Å². The summed E-state index contributed by atoms with van der Waals surface area (Å²) in [5.41, 5.74) is 1.20. The van der Waals surface area contributed by atoms with Crippen molar-refractivity contribution in [3.05, 3.63) is 18.0 Å². The Labute approximate surface area is 92.7 Å². The van der Waals surface area contributed by atoms with Gasteiger partial charge in [0, 0.05) is 12.2 Å². The zero-order valence-corrected chi connectivity index (χ0v) is 9.92. The number of H-pyrrole nitrogens is 1. The summed E-state index contributed by atoms with van der Waals surface area (Å²) >= 11 is 0. The third kappa shape index (κ3) is 4.47. The third-order valence-corrected chi connectivity index (χ3v) is 2.84. The molecule has 0 spiro atoms. The van der Waals surface area contributed by atoms with E-state index in [0.29, 0.717) is 6.04 Å². The van der Waals surface area contributed by atoms with Crippen LogP contribution in [0.15, 0.2) is 12.3 Å². The second-order valence-electron chi connectivity index (χ2n) is 4.06. The van der Waals surface area contributed by atoms with Gasteiger partial charge in [0.25, 0.3) is 0 Å². The fraction of sp³-hybridized carbons (Fsp3) is 0.750. The SMILES string of the molecule is CCCCCCCC(NC)c1ccn[nH]1. The fourth-order valence-electron chi connectivity index (χ4n) is 1.87. The van der Waals surface area contributed by atoms with Crippen LogP contribution < -0.4 is 5.32 Å². The predicted molar refractivity (Wildman–Crippen MR) is 63.8 cm³/mol. The molecule has 0 saturated carbocycles. The van der Waals surface area contributed by atoms with Crippen molar-refractivity contribution in [3.63, 3.8) is 0 Å². The van der Waals surface area contributed by atoms with E-state index in [1.165, 1.54) is 44.2 Å². The smallest absolute Gasteiger partial charge is 0.0521 e. The summed E-state index contributed by atoms with van der Waals surface area (Å²) in [7, 11) is 2.01. The summed E-state index contributed by atoms with van der Waals surface area (Å²) in [6, 6.07) is 2.49. The molecule has 1 rings (SSSR count). The van der Waals surface area contributed by atoms with Crippen molar-refractivity contribution in [2.45, 2.75) is 51.5 Å². The van der Waals surface area contributed by atoms with Gasteiger partial charge in [-0.05, 0) is 19.5 Å². The maximum Gasteiger partial charge on any atom is 0.0521 e. The molecule has 0 amide bonds. The Morgan fingerprint density at radius 2 is 2.13 bits per heavy atom. The lowest BCUT2D eigenvalue weighted by molar-refractivity contribution is 0.491. The zero-order valence-electron chi connectivity index (χ0n) is 9.92. The first-order chi connectivity index (χ1) is 7.38. The second kappa shape index (κ2) is 7.46. The molecule has 15 heavy (non-hydrogen) atoms. The van der Waals surface area contributed by atoms with Crippen molar-refractivity contribution in [2.24, 2.45) is 0 Å². The Hall–Kier alpha value is -0.830. The van der Waals surface area contributed by atoms with Crippen LogP contribution in [0.3, 0.4) is 0 Å². The molecule has 86 valence electrons. The van der Waals surface area contributed by atoms with Crippen molar-refractivity contribution < 1.29 is 0 Å². The fourth-order valence-corrected chi connectivity index (χ4v) is 1.87. The molecular weight excluding hydrogens is 186 g/mol. The number of rotatable bonds is 8. The van der Waals surface area contributed by atoms with Crippen LogP contribution in [0.2, 0.25) is 0 Å². The van der Waals surface area contributed by atoms with E-state index in [9.17, 15) is 0 Å². The standard InChI is InChI=1S/C12H23N3/c1-3-4-5-6-7-8-11(13-2)12-9-10-14-15-12/h9-11,13H,3-8H2,1-2H3,(H,14,15). The van der Waals surface area contributed by atoms with E-state index in [4.69, 9.17) is 0 Å². The van der Waals surface area contributed by atoms with E-state index in [-0.39, 0.29) is 0 Å². The average Bonchev–Trinajstić information content (AvgIpc) is 2.77. The van der Waals surface area contributed by atoms with Crippen LogP contribution in [0.1, 0.15) is 57.2 Å². The van der Waals surface area contributed by atoms with Crippen molar-refractivity contribution >= 4 is 0 Å². The van der Waals surface area contributed by atoms with Crippen LogP contribution in [-0.4, -0.2) is 17.2 Å². The Kier molecular flexibility index (Phi) is 6.09. The third-order valence-electron chi connectivity index (χ3n) is 2.84. The van der Waals surface area contributed by atoms with E-state index in [0.717, 1.165) is 0 Å². The number of aromatic amines is 1. The van der Waals surface area contributed by atoms with Crippen molar-refractivity contribution in [2.75, 3.05) is 7.05 Å². The lowest BCUT2D eigenvalue weighted by atomic mass is 10.0. The number of nitrogens with one attached hydrogen (secondary N) is 2. The first kappa shape index (κ1) is 12.2. The minimum Gasteiger partial charge on any atom is -0.312 e. The molecule has 0 aromatic carbocycles. The zero-order chi connectivity index (χ0) is 10.9. The lowest BCUT2D eigenvalue weighted by Crippen LogP contribution is -2.16. The van der Waals surface area contributed by atoms with Crippen molar-refractivity contribution in [3.8, 4) is 0 Å². The van der Waals surface area contributed by atoms with Gasteiger partial charge >= 0.3 is 0 Å². The Morgan fingerprint density at radius 1 is 1.33 bits per heavy atom. The number of unbranched alkanes of at least 4 members (excludes halogenated alkanes) is 4. The molecule has 1 heterocycles. The topological polar surface area (TPSA) is 40.7 Å². The van der Waals surface area contributed by atoms with Crippen molar-refractivity contribution in [1.82, 2.24) is 15.5 Å². The summed E-state index contributed by atoms with van der Waals surface area (Å²) in [5.74, 6) is 0. The molecular formula is C12H23N3. The summed E-state index contributed by atoms with van der Waals surface area (Å²) in [5, 5.41) is 10.3. The number of aromatic nitrogens is 2. The summed E-state index contributed by atoms with van der Waals surface area (Å²) in [6.07, 6.45) is 9.71. The molecule has 0 aliphatic carbocycles. The highest BCUT2D eigenvalue weighted by Crippen LogP contribution is 2.17. The normalized spacial score (nSPS) is 12.9. The highest BCUT2D eigenvalue weighted by molar-refractivity contribution is 5.03. The molecule has 0 saturated heterocycles. The monoisotopic (exact) mass is 209 g/mol. The molecule has 1 aromatic rings. The highest BCUT2D eigenvalue weighted by Gasteiger charge is 2.09. The first-order valence-electron chi connectivity index (χ1n) is 6.05. The highest BCUT2D eigenvalue weighted by atomic mass is 15.1. The van der Waals surface area contributed by atoms with Crippen LogP contribution in [0.5, 0.6) is 0 Å². The second-order valence-corrected chi connectivity index (χ2v) is 4.06. The minimum atomic E-state index is 0.439. The van der Waals surface area contributed by atoms with Crippen LogP contribution in [0.4, 0.5) is 0 Å². The summed E-state index contributed by atoms with van der Waals surface area (Å²) in [4.78, 5) is 0. The molecule has 3 nitrogen and oxygen atoms in total. The van der Waals surface area contributed by atoms with Gasteiger partial charge in [0.05, 0.1) is 5.69 Å². The predicted octanol–water partition coefficient (Wildman–Crippen LogP) is 3.03. The number of hydrogen-bond donors (Lipinski definition) is 2. The molecule has 0 bridgehead atoms. The molecule has 0 aliphatic heterocycles. The molecule has 1 aromatic heterocycles. The van der Waals surface area contributed by atoms with Gasteiger partial charge in [-0.15, -0.1) is 0 Å². The minimum absolute atomic E-state index is 0.439. The average molecular weight is 209 g/mol. The van der Waals surface area contributed by atoms with Gasteiger partial charge in [0.15, 0.2) is 0 Å². The molecule has 3 heteroatoms.